The van der Waals surface area contributed by atoms with E-state index in [1.165, 1.54) is 22.3 Å². The normalized spacial score (nSPS) is 12.4. The molecule has 1 nitrogen and oxygen atoms in total. The van der Waals surface area contributed by atoms with E-state index in [1.54, 1.807) is 0 Å². The predicted molar refractivity (Wildman–Crippen MR) is 92.1 cm³/mol. The average Bonchev–Trinajstić information content (AvgIpc) is 2.48. The van der Waals surface area contributed by atoms with Crippen molar-refractivity contribution < 1.29 is 0 Å². The summed E-state index contributed by atoms with van der Waals surface area (Å²) in [5.74, 6) is 0. The van der Waals surface area contributed by atoms with Gasteiger partial charge < -0.3 is 5.32 Å². The lowest BCUT2D eigenvalue weighted by molar-refractivity contribution is 0.529. The van der Waals surface area contributed by atoms with Gasteiger partial charge in [0.25, 0.3) is 0 Å². The van der Waals surface area contributed by atoms with Gasteiger partial charge in [-0.15, -0.1) is 0 Å². The molecule has 0 saturated heterocycles. The number of rotatable bonds is 6. The third-order valence-electron chi connectivity index (χ3n) is 3.93. The van der Waals surface area contributed by atoms with Crippen molar-refractivity contribution >= 4 is 11.6 Å². The molecule has 112 valence electrons. The van der Waals surface area contributed by atoms with Gasteiger partial charge in [0.2, 0.25) is 0 Å². The van der Waals surface area contributed by atoms with Crippen molar-refractivity contribution in [3.8, 4) is 0 Å². The maximum Gasteiger partial charge on any atom is 0.0453 e. The molecule has 0 spiro atoms. The van der Waals surface area contributed by atoms with E-state index < -0.39 is 0 Å². The fourth-order valence-corrected chi connectivity index (χ4v) is 2.80. The van der Waals surface area contributed by atoms with Gasteiger partial charge in [-0.2, -0.15) is 0 Å². The van der Waals surface area contributed by atoms with E-state index in [1.807, 2.05) is 12.1 Å². The summed E-state index contributed by atoms with van der Waals surface area (Å²) in [5.41, 5.74) is 5.23. The molecule has 2 aromatic carbocycles. The zero-order valence-corrected chi connectivity index (χ0v) is 13.9. The van der Waals surface area contributed by atoms with Crippen molar-refractivity contribution in [1.29, 1.82) is 0 Å². The number of benzene rings is 2. The van der Waals surface area contributed by atoms with Gasteiger partial charge in [0, 0.05) is 11.1 Å². The van der Waals surface area contributed by atoms with Gasteiger partial charge in [0.1, 0.15) is 0 Å². The lowest BCUT2D eigenvalue weighted by atomic mass is 9.96. The molecule has 0 heterocycles. The highest BCUT2D eigenvalue weighted by Gasteiger charge is 2.14. The second-order valence-electron chi connectivity index (χ2n) is 5.65. The molecular weight excluding hydrogens is 278 g/mol. The third-order valence-corrected chi connectivity index (χ3v) is 4.28. The molecule has 0 bridgehead atoms. The summed E-state index contributed by atoms with van der Waals surface area (Å²) < 4.78 is 0. The molecule has 0 saturated carbocycles. The number of hydrogen-bond donors (Lipinski definition) is 1. The molecule has 21 heavy (non-hydrogen) atoms. The van der Waals surface area contributed by atoms with E-state index in [0.29, 0.717) is 0 Å². The zero-order valence-electron chi connectivity index (χ0n) is 13.1. The van der Waals surface area contributed by atoms with Crippen LogP contribution in [0, 0.1) is 13.8 Å². The molecule has 0 amide bonds. The molecule has 0 fully saturated rings. The summed E-state index contributed by atoms with van der Waals surface area (Å²) in [6, 6.07) is 15.1. The Morgan fingerprint density at radius 1 is 1.05 bits per heavy atom. The first kappa shape index (κ1) is 16.1. The van der Waals surface area contributed by atoms with E-state index in [9.17, 15) is 0 Å². The largest absolute Gasteiger partial charge is 0.310 e. The van der Waals surface area contributed by atoms with Crippen molar-refractivity contribution in [1.82, 2.24) is 5.32 Å². The topological polar surface area (TPSA) is 12.0 Å². The van der Waals surface area contributed by atoms with Crippen LogP contribution in [0.5, 0.6) is 0 Å². The van der Waals surface area contributed by atoms with Gasteiger partial charge in [-0.25, -0.2) is 0 Å². The summed E-state index contributed by atoms with van der Waals surface area (Å²) in [6.45, 7) is 7.51. The highest BCUT2D eigenvalue weighted by molar-refractivity contribution is 6.31. The maximum atomic E-state index is 6.38. The minimum atomic E-state index is 0.265. The zero-order chi connectivity index (χ0) is 15.2. The van der Waals surface area contributed by atoms with Gasteiger partial charge >= 0.3 is 0 Å². The van der Waals surface area contributed by atoms with E-state index in [-0.39, 0.29) is 6.04 Å². The van der Waals surface area contributed by atoms with Crippen molar-refractivity contribution in [2.45, 2.75) is 39.7 Å². The molecule has 2 rings (SSSR count). The molecule has 2 aromatic rings. The molecule has 1 atom stereocenters. The minimum Gasteiger partial charge on any atom is -0.310 e. The van der Waals surface area contributed by atoms with Crippen LogP contribution in [0.4, 0.5) is 0 Å². The second-order valence-corrected chi connectivity index (χ2v) is 6.06. The Kier molecular flexibility index (Phi) is 5.84. The number of halogens is 1. The standard InChI is InChI=1S/C19H24ClN/c1-4-11-21-19(17-7-5-6-8-18(17)20)13-16-10-9-14(2)15(3)12-16/h5-10,12,19,21H,4,11,13H2,1-3H3. The van der Waals surface area contributed by atoms with Crippen LogP contribution in [0.25, 0.3) is 0 Å². The molecule has 0 aliphatic carbocycles. The first-order chi connectivity index (χ1) is 10.1. The molecular formula is C19H24ClN. The van der Waals surface area contributed by atoms with Crippen molar-refractivity contribution in [2.75, 3.05) is 6.54 Å². The van der Waals surface area contributed by atoms with Gasteiger partial charge in [-0.05, 0) is 61.6 Å². The van der Waals surface area contributed by atoms with Crippen LogP contribution >= 0.6 is 11.6 Å². The lowest BCUT2D eigenvalue weighted by Crippen LogP contribution is -2.24. The first-order valence-electron chi connectivity index (χ1n) is 7.65. The molecule has 1 N–H and O–H groups in total. The van der Waals surface area contributed by atoms with Crippen LogP contribution in [0.1, 0.15) is 41.6 Å². The quantitative estimate of drug-likeness (QED) is 0.769. The molecule has 0 aliphatic rings. The minimum absolute atomic E-state index is 0.265. The van der Waals surface area contributed by atoms with Crippen molar-refractivity contribution in [3.05, 3.63) is 69.7 Å². The van der Waals surface area contributed by atoms with Gasteiger partial charge in [0.15, 0.2) is 0 Å². The molecule has 1 unspecified atom stereocenters. The van der Waals surface area contributed by atoms with E-state index in [2.05, 4.69) is 56.4 Å². The smallest absolute Gasteiger partial charge is 0.0453 e. The lowest BCUT2D eigenvalue weighted by Gasteiger charge is -2.21. The van der Waals surface area contributed by atoms with Crippen LogP contribution in [0.2, 0.25) is 5.02 Å². The Labute approximate surface area is 133 Å². The maximum absolute atomic E-state index is 6.38. The third kappa shape index (κ3) is 4.33. The summed E-state index contributed by atoms with van der Waals surface area (Å²) in [4.78, 5) is 0. The molecule has 2 heteroatoms. The monoisotopic (exact) mass is 301 g/mol. The SMILES string of the molecule is CCCNC(Cc1ccc(C)c(C)c1)c1ccccc1Cl. The van der Waals surface area contributed by atoms with Gasteiger partial charge in [-0.3, -0.25) is 0 Å². The van der Waals surface area contributed by atoms with Crippen LogP contribution < -0.4 is 5.32 Å². The second kappa shape index (κ2) is 7.63. The van der Waals surface area contributed by atoms with Crippen molar-refractivity contribution in [2.24, 2.45) is 0 Å². The highest BCUT2D eigenvalue weighted by atomic mass is 35.5. The van der Waals surface area contributed by atoms with Crippen LogP contribution in [0.3, 0.4) is 0 Å². The van der Waals surface area contributed by atoms with Gasteiger partial charge in [0.05, 0.1) is 0 Å². The Hall–Kier alpha value is -1.31. The molecule has 0 aliphatic heterocycles. The Balaban J connectivity index is 2.24. The van der Waals surface area contributed by atoms with E-state index in [0.717, 1.165) is 24.4 Å². The average molecular weight is 302 g/mol. The molecule has 0 aromatic heterocycles. The van der Waals surface area contributed by atoms with Crippen LogP contribution in [-0.2, 0) is 6.42 Å². The van der Waals surface area contributed by atoms with Crippen LogP contribution in [-0.4, -0.2) is 6.54 Å². The summed E-state index contributed by atoms with van der Waals surface area (Å²) >= 11 is 6.38. The van der Waals surface area contributed by atoms with Crippen molar-refractivity contribution in [3.63, 3.8) is 0 Å². The Morgan fingerprint density at radius 3 is 2.48 bits per heavy atom. The predicted octanol–water partition coefficient (Wildman–Crippen LogP) is 5.24. The fraction of sp³-hybridized carbons (Fsp3) is 0.368. The fourth-order valence-electron chi connectivity index (χ4n) is 2.53. The summed E-state index contributed by atoms with van der Waals surface area (Å²) in [5, 5.41) is 4.47. The van der Waals surface area contributed by atoms with E-state index >= 15 is 0 Å². The van der Waals surface area contributed by atoms with Gasteiger partial charge in [-0.1, -0.05) is 54.9 Å². The number of hydrogen-bond acceptors (Lipinski definition) is 1. The Bertz CT molecular complexity index is 592. The van der Waals surface area contributed by atoms with E-state index in [4.69, 9.17) is 11.6 Å². The van der Waals surface area contributed by atoms with Crippen LogP contribution in [0.15, 0.2) is 42.5 Å². The number of aryl methyl sites for hydroxylation is 2. The summed E-state index contributed by atoms with van der Waals surface area (Å²) in [7, 11) is 0. The molecule has 0 radical (unpaired) electrons. The number of nitrogens with one attached hydrogen (secondary N) is 1. The first-order valence-corrected chi connectivity index (χ1v) is 8.03. The highest BCUT2D eigenvalue weighted by Crippen LogP contribution is 2.26. The summed E-state index contributed by atoms with van der Waals surface area (Å²) in [6.07, 6.45) is 2.08. The Morgan fingerprint density at radius 2 is 1.81 bits per heavy atom.